The van der Waals surface area contributed by atoms with Crippen LogP contribution >= 0.6 is 11.3 Å². The zero-order valence-corrected chi connectivity index (χ0v) is 15.2. The Labute approximate surface area is 150 Å². The monoisotopic (exact) mass is 364 g/mol. The third-order valence-electron chi connectivity index (χ3n) is 3.71. The second-order valence-electron chi connectivity index (χ2n) is 5.66. The molecule has 0 spiro atoms. The van der Waals surface area contributed by atoms with Crippen molar-refractivity contribution in [2.24, 2.45) is 0 Å². The van der Waals surface area contributed by atoms with Gasteiger partial charge in [-0.15, -0.1) is 11.3 Å². The number of rotatable bonds is 7. The maximum Gasteiger partial charge on any atom is 0.222 e. The molecule has 0 aliphatic rings. The van der Waals surface area contributed by atoms with E-state index in [1.54, 1.807) is 13.0 Å². The number of carbonyl (C=O) groups excluding carboxylic acids is 2. The van der Waals surface area contributed by atoms with Crippen molar-refractivity contribution in [3.05, 3.63) is 52.0 Å². The highest BCUT2D eigenvalue weighted by Gasteiger charge is 2.20. The molecule has 134 valence electrons. The van der Waals surface area contributed by atoms with Crippen molar-refractivity contribution in [1.29, 1.82) is 0 Å². The topological polar surface area (TPSA) is 67.4 Å². The van der Waals surface area contributed by atoms with Gasteiger partial charge in [0.15, 0.2) is 11.6 Å². The van der Waals surface area contributed by atoms with Crippen LogP contribution in [0.2, 0.25) is 0 Å². The predicted octanol–water partition coefficient (Wildman–Crippen LogP) is 3.34. The summed E-state index contributed by atoms with van der Waals surface area (Å²) in [5, 5.41) is 7.51. The molecule has 0 saturated heterocycles. The molecule has 2 amide bonds. The minimum Gasteiger partial charge on any atom is -0.494 e. The summed E-state index contributed by atoms with van der Waals surface area (Å²) in [6, 6.07) is 7.58. The number of benzene rings is 1. The Morgan fingerprint density at radius 1 is 1.28 bits per heavy atom. The maximum absolute atomic E-state index is 13.8. The van der Waals surface area contributed by atoms with Crippen LogP contribution in [-0.4, -0.2) is 18.9 Å². The average molecular weight is 364 g/mol. The van der Waals surface area contributed by atoms with Gasteiger partial charge in [0.25, 0.3) is 0 Å². The van der Waals surface area contributed by atoms with Gasteiger partial charge in [0.05, 0.1) is 25.6 Å². The van der Waals surface area contributed by atoms with E-state index in [1.165, 1.54) is 37.5 Å². The first kappa shape index (κ1) is 18.9. The van der Waals surface area contributed by atoms with E-state index in [-0.39, 0.29) is 36.1 Å². The van der Waals surface area contributed by atoms with Gasteiger partial charge in [0, 0.05) is 11.8 Å². The first-order valence-electron chi connectivity index (χ1n) is 7.84. The van der Waals surface area contributed by atoms with Crippen LogP contribution in [0.3, 0.4) is 0 Å². The smallest absolute Gasteiger partial charge is 0.222 e. The minimum absolute atomic E-state index is 0.114. The van der Waals surface area contributed by atoms with E-state index in [2.05, 4.69) is 10.6 Å². The lowest BCUT2D eigenvalue weighted by molar-refractivity contribution is -0.123. The van der Waals surface area contributed by atoms with E-state index >= 15 is 0 Å². The van der Waals surface area contributed by atoms with Gasteiger partial charge >= 0.3 is 0 Å². The molecule has 0 fully saturated rings. The third-order valence-corrected chi connectivity index (χ3v) is 4.69. The molecule has 0 saturated carbocycles. The lowest BCUT2D eigenvalue weighted by atomic mass is 10.1. The van der Waals surface area contributed by atoms with Gasteiger partial charge in [0.1, 0.15) is 0 Å². The molecule has 0 unspecified atom stereocenters. The Morgan fingerprint density at radius 3 is 2.60 bits per heavy atom. The Bertz CT molecular complexity index is 734. The molecule has 2 N–H and O–H groups in total. The molecular weight excluding hydrogens is 343 g/mol. The summed E-state index contributed by atoms with van der Waals surface area (Å²) in [6.45, 7) is 3.19. The van der Waals surface area contributed by atoms with Crippen LogP contribution in [0, 0.1) is 5.82 Å². The SMILES string of the molecule is COc1ccc([C@@H](C)NC(=O)C[C@@H](NC(C)=O)c2cccs2)cc1F. The van der Waals surface area contributed by atoms with Crippen LogP contribution in [0.4, 0.5) is 4.39 Å². The van der Waals surface area contributed by atoms with Crippen molar-refractivity contribution < 1.29 is 18.7 Å². The van der Waals surface area contributed by atoms with Crippen molar-refractivity contribution >= 4 is 23.2 Å². The van der Waals surface area contributed by atoms with Gasteiger partial charge in [-0.05, 0) is 36.1 Å². The highest BCUT2D eigenvalue weighted by Crippen LogP contribution is 2.24. The van der Waals surface area contributed by atoms with Gasteiger partial charge in [-0.1, -0.05) is 12.1 Å². The minimum atomic E-state index is -0.476. The lowest BCUT2D eigenvalue weighted by Gasteiger charge is -2.19. The van der Waals surface area contributed by atoms with E-state index in [0.717, 1.165) is 4.88 Å². The zero-order valence-electron chi connectivity index (χ0n) is 14.3. The molecule has 1 aromatic heterocycles. The lowest BCUT2D eigenvalue weighted by Crippen LogP contribution is -2.33. The summed E-state index contributed by atoms with van der Waals surface area (Å²) >= 11 is 1.48. The van der Waals surface area contributed by atoms with Crippen molar-refractivity contribution in [1.82, 2.24) is 10.6 Å². The number of ether oxygens (including phenoxy) is 1. The van der Waals surface area contributed by atoms with Gasteiger partial charge in [-0.3, -0.25) is 9.59 Å². The second kappa shape index (κ2) is 8.62. The first-order valence-corrected chi connectivity index (χ1v) is 8.72. The van der Waals surface area contributed by atoms with Crippen LogP contribution in [-0.2, 0) is 9.59 Å². The molecule has 25 heavy (non-hydrogen) atoms. The quantitative estimate of drug-likeness (QED) is 0.792. The largest absolute Gasteiger partial charge is 0.494 e. The van der Waals surface area contributed by atoms with Crippen LogP contribution < -0.4 is 15.4 Å². The average Bonchev–Trinajstić information content (AvgIpc) is 3.08. The van der Waals surface area contributed by atoms with Gasteiger partial charge in [0.2, 0.25) is 11.8 Å². The van der Waals surface area contributed by atoms with Gasteiger partial charge < -0.3 is 15.4 Å². The van der Waals surface area contributed by atoms with Crippen molar-refractivity contribution in [3.8, 4) is 5.75 Å². The van der Waals surface area contributed by atoms with E-state index in [0.29, 0.717) is 5.56 Å². The molecule has 1 aromatic carbocycles. The molecule has 0 aliphatic carbocycles. The number of carbonyl (C=O) groups is 2. The van der Waals surface area contributed by atoms with Crippen molar-refractivity contribution in [2.45, 2.75) is 32.4 Å². The summed E-state index contributed by atoms with van der Waals surface area (Å²) in [5.74, 6) is -0.742. The van der Waals surface area contributed by atoms with Crippen molar-refractivity contribution in [3.63, 3.8) is 0 Å². The number of halogens is 1. The normalized spacial score (nSPS) is 13.0. The number of hydrogen-bond donors (Lipinski definition) is 2. The molecule has 2 aromatic rings. The Balaban J connectivity index is 2.02. The van der Waals surface area contributed by atoms with Crippen LogP contribution in [0.5, 0.6) is 5.75 Å². The molecule has 0 radical (unpaired) electrons. The first-order chi connectivity index (χ1) is 11.9. The van der Waals surface area contributed by atoms with E-state index in [9.17, 15) is 14.0 Å². The number of hydrogen-bond acceptors (Lipinski definition) is 4. The van der Waals surface area contributed by atoms with Gasteiger partial charge in [-0.2, -0.15) is 0 Å². The maximum atomic E-state index is 13.8. The molecule has 7 heteroatoms. The fourth-order valence-corrected chi connectivity index (χ4v) is 3.26. The summed E-state index contributed by atoms with van der Waals surface area (Å²) in [6.07, 6.45) is 0.114. The van der Waals surface area contributed by atoms with Gasteiger partial charge in [-0.25, -0.2) is 4.39 Å². The fraction of sp³-hybridized carbons (Fsp3) is 0.333. The Hall–Kier alpha value is -2.41. The van der Waals surface area contributed by atoms with Crippen LogP contribution in [0.1, 0.15) is 42.8 Å². The van der Waals surface area contributed by atoms with Crippen LogP contribution in [0.25, 0.3) is 0 Å². The fourth-order valence-electron chi connectivity index (χ4n) is 2.48. The molecule has 1 heterocycles. The number of methoxy groups -OCH3 is 1. The summed E-state index contributed by atoms with van der Waals surface area (Å²) in [7, 11) is 1.40. The van der Waals surface area contributed by atoms with E-state index in [4.69, 9.17) is 4.74 Å². The molecule has 2 rings (SSSR count). The zero-order chi connectivity index (χ0) is 18.4. The molecule has 5 nitrogen and oxygen atoms in total. The number of amides is 2. The Kier molecular flexibility index (Phi) is 6.52. The summed E-state index contributed by atoms with van der Waals surface area (Å²) < 4.78 is 18.7. The third kappa shape index (κ3) is 5.29. The molecule has 2 atom stereocenters. The highest BCUT2D eigenvalue weighted by molar-refractivity contribution is 7.10. The number of nitrogens with one attached hydrogen (secondary N) is 2. The summed E-state index contributed by atoms with van der Waals surface area (Å²) in [5.41, 5.74) is 0.638. The molecule has 0 bridgehead atoms. The summed E-state index contributed by atoms with van der Waals surface area (Å²) in [4.78, 5) is 24.6. The standard InChI is InChI=1S/C18H21FN2O3S/c1-11(13-6-7-16(24-3)14(19)9-13)20-18(23)10-15(21-12(2)22)17-5-4-8-25-17/h4-9,11,15H,10H2,1-3H3,(H,20,23)(H,21,22)/t11-,15-/m1/s1. The molecule has 0 aliphatic heterocycles. The Morgan fingerprint density at radius 2 is 2.04 bits per heavy atom. The number of thiophene rings is 1. The highest BCUT2D eigenvalue weighted by atomic mass is 32.1. The second-order valence-corrected chi connectivity index (χ2v) is 6.64. The molecular formula is C18H21FN2O3S. The van der Waals surface area contributed by atoms with E-state index < -0.39 is 5.82 Å². The predicted molar refractivity (Wildman–Crippen MR) is 95.0 cm³/mol. The van der Waals surface area contributed by atoms with Crippen molar-refractivity contribution in [2.75, 3.05) is 7.11 Å². The van der Waals surface area contributed by atoms with Crippen LogP contribution in [0.15, 0.2) is 35.7 Å². The van der Waals surface area contributed by atoms with E-state index in [1.807, 2.05) is 17.5 Å².